The number of hydrogen-bond donors (Lipinski definition) is 1. The first kappa shape index (κ1) is 32.8. The van der Waals surface area contributed by atoms with Crippen molar-refractivity contribution in [3.05, 3.63) is 83.3 Å². The number of nitrogens with one attached hydrogen (secondary N) is 1. The second-order valence-electron chi connectivity index (χ2n) is 10.8. The SMILES string of the molecule is COc1ccc(CN(n2ncc3c(OCc4ccc(Cl)cc4NC(=O)OC(C)(C)C)cccc32)S(=O)(=O)c2ncns2)c(OC)c1. The lowest BCUT2D eigenvalue weighted by atomic mass is 10.2. The van der Waals surface area contributed by atoms with Crippen molar-refractivity contribution in [2.24, 2.45) is 0 Å². The summed E-state index contributed by atoms with van der Waals surface area (Å²) in [7, 11) is -1.21. The van der Waals surface area contributed by atoms with Gasteiger partial charge in [-0.1, -0.05) is 23.7 Å². The molecular weight excluding hydrogens is 656 g/mol. The fraction of sp³-hybridized carbons (Fsp3) is 0.267. The van der Waals surface area contributed by atoms with E-state index < -0.39 is 21.7 Å². The summed E-state index contributed by atoms with van der Waals surface area (Å²) in [5.41, 5.74) is 1.37. The fourth-order valence-corrected chi connectivity index (χ4v) is 6.64. The van der Waals surface area contributed by atoms with Gasteiger partial charge in [-0.3, -0.25) is 5.32 Å². The zero-order valence-electron chi connectivity index (χ0n) is 25.6. The maximum Gasteiger partial charge on any atom is 0.412 e. The van der Waals surface area contributed by atoms with E-state index in [-0.39, 0.29) is 17.5 Å². The summed E-state index contributed by atoms with van der Waals surface area (Å²) in [6.45, 7) is 5.19. The summed E-state index contributed by atoms with van der Waals surface area (Å²) in [6.07, 6.45) is 2.06. The van der Waals surface area contributed by atoms with Crippen LogP contribution in [0.5, 0.6) is 17.2 Å². The summed E-state index contributed by atoms with van der Waals surface area (Å²) < 4.78 is 55.0. The Balaban J connectivity index is 1.49. The molecule has 3 aromatic carbocycles. The van der Waals surface area contributed by atoms with Crippen LogP contribution in [0.2, 0.25) is 5.02 Å². The topological polar surface area (TPSA) is 147 Å². The molecule has 0 aliphatic rings. The molecule has 2 heterocycles. The van der Waals surface area contributed by atoms with Gasteiger partial charge in [-0.2, -0.15) is 27.1 Å². The molecule has 5 rings (SSSR count). The van der Waals surface area contributed by atoms with Crippen LogP contribution in [0.4, 0.5) is 10.5 Å². The van der Waals surface area contributed by atoms with E-state index in [9.17, 15) is 13.2 Å². The van der Waals surface area contributed by atoms with Crippen LogP contribution < -0.4 is 23.9 Å². The summed E-state index contributed by atoms with van der Waals surface area (Å²) in [5, 5.41) is 8.14. The van der Waals surface area contributed by atoms with Gasteiger partial charge in [0.1, 0.15) is 35.8 Å². The maximum absolute atomic E-state index is 13.9. The Morgan fingerprint density at radius 1 is 1.04 bits per heavy atom. The average molecular weight is 687 g/mol. The van der Waals surface area contributed by atoms with Crippen LogP contribution in [-0.2, 0) is 27.9 Å². The first-order valence-corrected chi connectivity index (χ1v) is 16.4. The van der Waals surface area contributed by atoms with Crippen LogP contribution in [0, 0.1) is 0 Å². The fourth-order valence-electron chi connectivity index (χ4n) is 4.42. The summed E-state index contributed by atoms with van der Waals surface area (Å²) >= 11 is 6.96. The molecule has 0 aliphatic heterocycles. The molecule has 16 heteroatoms. The van der Waals surface area contributed by atoms with Crippen molar-refractivity contribution in [2.75, 3.05) is 24.0 Å². The standard InChI is InChI=1S/C30H31ClN6O7S2/c1-30(2,3)44-28(38)35-24-13-21(31)11-9-20(24)17-43-26-8-6-7-25-23(26)15-33-37(25)36(46(39,40)29-32-18-34-45-29)16-19-10-12-22(41-4)14-27(19)42-5/h6-15,18H,16-17H2,1-5H3,(H,35,38). The van der Waals surface area contributed by atoms with Crippen molar-refractivity contribution >= 4 is 55.8 Å². The summed E-state index contributed by atoms with van der Waals surface area (Å²) in [6, 6.07) is 15.3. The van der Waals surface area contributed by atoms with E-state index in [0.29, 0.717) is 50.0 Å². The summed E-state index contributed by atoms with van der Waals surface area (Å²) in [4.78, 5) is 17.7. The van der Waals surface area contributed by atoms with Crippen molar-refractivity contribution in [1.82, 2.24) is 19.2 Å². The van der Waals surface area contributed by atoms with E-state index in [1.54, 1.807) is 75.4 Å². The van der Waals surface area contributed by atoms with Gasteiger partial charge in [0.2, 0.25) is 0 Å². The predicted octanol–water partition coefficient (Wildman–Crippen LogP) is 6.01. The second-order valence-corrected chi connectivity index (χ2v) is 14.0. The number of carbonyl (C=O) groups is 1. The Kier molecular flexibility index (Phi) is 9.55. The molecule has 1 amide bonds. The molecule has 2 aromatic heterocycles. The third kappa shape index (κ3) is 7.27. The molecule has 5 aromatic rings. The molecule has 242 valence electrons. The molecule has 0 atom stereocenters. The number of halogens is 1. The van der Waals surface area contributed by atoms with Gasteiger partial charge < -0.3 is 18.9 Å². The molecule has 0 aliphatic carbocycles. The average Bonchev–Trinajstić information content (AvgIpc) is 3.70. The van der Waals surface area contributed by atoms with Crippen LogP contribution >= 0.6 is 23.1 Å². The minimum Gasteiger partial charge on any atom is -0.497 e. The highest BCUT2D eigenvalue weighted by Crippen LogP contribution is 2.32. The highest BCUT2D eigenvalue weighted by molar-refractivity contribution is 7.94. The molecule has 0 radical (unpaired) electrons. The molecule has 13 nitrogen and oxygen atoms in total. The molecule has 46 heavy (non-hydrogen) atoms. The van der Waals surface area contributed by atoms with Crippen molar-refractivity contribution in [3.63, 3.8) is 0 Å². The Bertz CT molecular complexity index is 1960. The number of sulfonamides is 1. The number of carbonyl (C=O) groups excluding carboxylic acids is 1. The lowest BCUT2D eigenvalue weighted by molar-refractivity contribution is 0.0635. The Hall–Kier alpha value is -4.60. The van der Waals surface area contributed by atoms with E-state index in [4.69, 9.17) is 30.5 Å². The Morgan fingerprint density at radius 3 is 2.52 bits per heavy atom. The molecule has 0 fully saturated rings. The molecular formula is C30H31ClN6O7S2. The number of ether oxygens (including phenoxy) is 4. The van der Waals surface area contributed by atoms with Gasteiger partial charge >= 0.3 is 16.1 Å². The largest absolute Gasteiger partial charge is 0.497 e. The number of anilines is 1. The number of amides is 1. The summed E-state index contributed by atoms with van der Waals surface area (Å²) in [5.74, 6) is 1.41. The number of nitrogens with zero attached hydrogens (tertiary/aromatic N) is 5. The van der Waals surface area contributed by atoms with Crippen molar-refractivity contribution < 1.29 is 32.2 Å². The van der Waals surface area contributed by atoms with Crippen LogP contribution in [0.3, 0.4) is 0 Å². The second kappa shape index (κ2) is 13.4. The number of methoxy groups -OCH3 is 2. The molecule has 0 unspecified atom stereocenters. The number of aromatic nitrogens is 4. The van der Waals surface area contributed by atoms with Crippen LogP contribution in [-0.4, -0.2) is 53.6 Å². The van der Waals surface area contributed by atoms with E-state index >= 15 is 0 Å². The molecule has 0 bridgehead atoms. The number of hydrogen-bond acceptors (Lipinski definition) is 11. The van der Waals surface area contributed by atoms with Crippen LogP contribution in [0.15, 0.2) is 71.5 Å². The molecule has 0 saturated carbocycles. The van der Waals surface area contributed by atoms with Gasteiger partial charge in [0.25, 0.3) is 4.34 Å². The Morgan fingerprint density at radius 2 is 1.83 bits per heavy atom. The smallest absolute Gasteiger partial charge is 0.412 e. The zero-order valence-corrected chi connectivity index (χ0v) is 27.9. The lowest BCUT2D eigenvalue weighted by Gasteiger charge is -2.24. The third-order valence-corrected chi connectivity index (χ3v) is 9.43. The molecule has 1 N–H and O–H groups in total. The first-order chi connectivity index (χ1) is 21.9. The first-order valence-electron chi connectivity index (χ1n) is 13.8. The quantitative estimate of drug-likeness (QED) is 0.175. The number of rotatable bonds is 11. The van der Waals surface area contributed by atoms with Crippen molar-refractivity contribution in [2.45, 2.75) is 43.9 Å². The molecule has 0 spiro atoms. The van der Waals surface area contributed by atoms with Crippen molar-refractivity contribution in [3.8, 4) is 17.2 Å². The van der Waals surface area contributed by atoms with Gasteiger partial charge in [0.05, 0.1) is 43.6 Å². The van der Waals surface area contributed by atoms with Crippen LogP contribution in [0.25, 0.3) is 10.9 Å². The maximum atomic E-state index is 13.9. The zero-order chi connectivity index (χ0) is 33.1. The molecule has 0 saturated heterocycles. The van der Waals surface area contributed by atoms with Gasteiger partial charge in [-0.05, 0) is 68.7 Å². The normalized spacial score (nSPS) is 11.7. The van der Waals surface area contributed by atoms with Gasteiger partial charge in [-0.15, -0.1) is 0 Å². The minimum absolute atomic E-state index is 0.0441. The Labute approximate surface area is 274 Å². The monoisotopic (exact) mass is 686 g/mol. The van der Waals surface area contributed by atoms with Crippen LogP contribution in [0.1, 0.15) is 31.9 Å². The highest BCUT2D eigenvalue weighted by Gasteiger charge is 2.31. The van der Waals surface area contributed by atoms with Gasteiger partial charge in [0, 0.05) is 22.2 Å². The predicted molar refractivity (Wildman–Crippen MR) is 174 cm³/mol. The van der Waals surface area contributed by atoms with E-state index in [1.165, 1.54) is 31.5 Å². The van der Waals surface area contributed by atoms with E-state index in [0.717, 1.165) is 15.9 Å². The highest BCUT2D eigenvalue weighted by atomic mass is 35.5. The van der Waals surface area contributed by atoms with E-state index in [1.807, 2.05) is 0 Å². The minimum atomic E-state index is -4.23. The lowest BCUT2D eigenvalue weighted by Crippen LogP contribution is -2.40. The third-order valence-electron chi connectivity index (χ3n) is 6.50. The number of benzene rings is 3. The van der Waals surface area contributed by atoms with E-state index in [2.05, 4.69) is 19.8 Å². The van der Waals surface area contributed by atoms with Gasteiger partial charge in [0.15, 0.2) is 0 Å². The number of fused-ring (bicyclic) bond motifs is 1. The van der Waals surface area contributed by atoms with Gasteiger partial charge in [-0.25, -0.2) is 9.78 Å². The van der Waals surface area contributed by atoms with Crippen molar-refractivity contribution in [1.29, 1.82) is 0 Å².